The highest BCUT2D eigenvalue weighted by Gasteiger charge is 2.38. The van der Waals surface area contributed by atoms with Crippen LogP contribution >= 0.6 is 0 Å². The van der Waals surface area contributed by atoms with Crippen LogP contribution in [-0.2, 0) is 5.41 Å². The minimum atomic E-state index is -0.136. The highest BCUT2D eigenvalue weighted by atomic mass is 16.3. The molecule has 1 aliphatic carbocycles. The first-order chi connectivity index (χ1) is 28.0. The molecule has 0 saturated heterocycles. The first-order valence-corrected chi connectivity index (χ1v) is 19.8. The average molecular weight is 730 g/mol. The van der Waals surface area contributed by atoms with Crippen molar-refractivity contribution in [1.29, 1.82) is 0 Å². The van der Waals surface area contributed by atoms with E-state index in [1.807, 2.05) is 0 Å². The molecule has 0 fully saturated rings. The van der Waals surface area contributed by atoms with Crippen LogP contribution in [0.25, 0.3) is 77.2 Å². The average Bonchev–Trinajstić information content (AvgIpc) is 3.77. The van der Waals surface area contributed by atoms with Crippen LogP contribution in [0.15, 0.2) is 205 Å². The fourth-order valence-corrected chi connectivity index (χ4v) is 9.28. The quantitative estimate of drug-likeness (QED) is 0.169. The number of rotatable bonds is 6. The van der Waals surface area contributed by atoms with Gasteiger partial charge in [-0.15, -0.1) is 0 Å². The van der Waals surface area contributed by atoms with Crippen molar-refractivity contribution in [1.82, 2.24) is 0 Å². The summed E-state index contributed by atoms with van der Waals surface area (Å²) < 4.78 is 6.93. The van der Waals surface area contributed by atoms with Crippen LogP contribution in [0.3, 0.4) is 0 Å². The van der Waals surface area contributed by atoms with Gasteiger partial charge in [-0.2, -0.15) is 0 Å². The molecule has 1 aliphatic rings. The number of fused-ring (bicyclic) bond motifs is 8. The molecule has 57 heavy (non-hydrogen) atoms. The molecule has 9 aromatic carbocycles. The summed E-state index contributed by atoms with van der Waals surface area (Å²) in [5, 5.41) is 4.55. The number of hydrogen-bond acceptors (Lipinski definition) is 2. The van der Waals surface area contributed by atoms with Gasteiger partial charge in [0.15, 0.2) is 0 Å². The third kappa shape index (κ3) is 5.25. The van der Waals surface area contributed by atoms with Crippen molar-refractivity contribution >= 4 is 49.8 Å². The Morgan fingerprint density at radius 1 is 0.386 bits per heavy atom. The predicted molar refractivity (Wildman–Crippen MR) is 240 cm³/mol. The zero-order chi connectivity index (χ0) is 38.1. The molecule has 10 aromatic rings. The lowest BCUT2D eigenvalue weighted by Gasteiger charge is -2.30. The molecule has 0 saturated carbocycles. The number of nitrogens with zero attached hydrogens (tertiary/aromatic N) is 1. The van der Waals surface area contributed by atoms with Gasteiger partial charge in [0.1, 0.15) is 11.2 Å². The van der Waals surface area contributed by atoms with Crippen LogP contribution in [0.1, 0.15) is 25.0 Å². The third-order valence-corrected chi connectivity index (χ3v) is 12.1. The molecule has 0 radical (unpaired) electrons. The van der Waals surface area contributed by atoms with Gasteiger partial charge in [-0.05, 0) is 80.7 Å². The van der Waals surface area contributed by atoms with E-state index in [9.17, 15) is 0 Å². The van der Waals surface area contributed by atoms with Gasteiger partial charge in [0.05, 0.1) is 11.4 Å². The lowest BCUT2D eigenvalue weighted by atomic mass is 9.82. The molecule has 1 aromatic heterocycles. The molecule has 1 heterocycles. The Morgan fingerprint density at radius 2 is 0.965 bits per heavy atom. The zero-order valence-electron chi connectivity index (χ0n) is 31.9. The number of furan rings is 1. The van der Waals surface area contributed by atoms with Gasteiger partial charge in [-0.25, -0.2) is 0 Å². The van der Waals surface area contributed by atoms with E-state index in [1.165, 1.54) is 49.9 Å². The van der Waals surface area contributed by atoms with E-state index in [0.717, 1.165) is 55.5 Å². The van der Waals surface area contributed by atoms with E-state index in [2.05, 4.69) is 219 Å². The lowest BCUT2D eigenvalue weighted by molar-refractivity contribution is 0.660. The molecule has 2 heteroatoms. The molecule has 0 bridgehead atoms. The maximum Gasteiger partial charge on any atom is 0.143 e. The second-order valence-electron chi connectivity index (χ2n) is 15.7. The number of anilines is 3. The highest BCUT2D eigenvalue weighted by molar-refractivity contribution is 6.17. The van der Waals surface area contributed by atoms with Crippen LogP contribution < -0.4 is 4.90 Å². The molecular formula is C55H39NO. The second-order valence-corrected chi connectivity index (χ2v) is 15.7. The Bertz CT molecular complexity index is 3150. The Hall–Kier alpha value is -7.16. The van der Waals surface area contributed by atoms with Gasteiger partial charge in [0, 0.05) is 44.0 Å². The minimum Gasteiger partial charge on any atom is -0.455 e. The van der Waals surface area contributed by atoms with E-state index in [4.69, 9.17) is 4.42 Å². The summed E-state index contributed by atoms with van der Waals surface area (Å²) in [6.07, 6.45) is 0. The van der Waals surface area contributed by atoms with Gasteiger partial charge in [-0.1, -0.05) is 178 Å². The van der Waals surface area contributed by atoms with Crippen molar-refractivity contribution in [2.24, 2.45) is 0 Å². The largest absolute Gasteiger partial charge is 0.455 e. The van der Waals surface area contributed by atoms with Crippen LogP contribution in [0.5, 0.6) is 0 Å². The van der Waals surface area contributed by atoms with Crippen molar-refractivity contribution in [2.75, 3.05) is 4.90 Å². The predicted octanol–water partition coefficient (Wildman–Crippen LogP) is 15.5. The molecule has 0 aliphatic heterocycles. The molecule has 270 valence electrons. The van der Waals surface area contributed by atoms with E-state index in [0.29, 0.717) is 0 Å². The van der Waals surface area contributed by atoms with E-state index in [-0.39, 0.29) is 5.41 Å². The molecule has 11 rings (SSSR count). The zero-order valence-corrected chi connectivity index (χ0v) is 31.9. The summed E-state index contributed by atoms with van der Waals surface area (Å²) in [5.74, 6) is 0. The highest BCUT2D eigenvalue weighted by Crippen LogP contribution is 2.55. The third-order valence-electron chi connectivity index (χ3n) is 12.1. The maximum absolute atomic E-state index is 6.93. The standard InChI is InChI=1S/C55H39NO/c1-55(2)48-25-10-8-22-47(48)52-49(55)26-14-28-51(52)56(41-32-29-37(30-33-41)40-19-12-18-39(35-40)36-15-4-3-5-16-36)50-27-11-9-21-43(50)44-23-13-24-45-46-34-31-38-17-6-7-20-42(38)53(46)57-54(44)45/h3-35H,1-2H3. The van der Waals surface area contributed by atoms with Crippen molar-refractivity contribution in [3.05, 3.63) is 211 Å². The van der Waals surface area contributed by atoms with Crippen molar-refractivity contribution in [3.63, 3.8) is 0 Å². The van der Waals surface area contributed by atoms with E-state index >= 15 is 0 Å². The second kappa shape index (κ2) is 13.0. The Morgan fingerprint density at radius 3 is 1.81 bits per heavy atom. The summed E-state index contributed by atoms with van der Waals surface area (Å²) in [7, 11) is 0. The SMILES string of the molecule is CC1(C)c2ccccc2-c2c(N(c3ccc(-c4cccc(-c5ccccc5)c4)cc3)c3ccccc3-c3cccc4c3oc3c5ccccc5ccc43)cccc21. The summed E-state index contributed by atoms with van der Waals surface area (Å²) >= 11 is 0. The summed E-state index contributed by atoms with van der Waals surface area (Å²) in [6.45, 7) is 4.70. The molecule has 0 amide bonds. The monoisotopic (exact) mass is 729 g/mol. The fourth-order valence-electron chi connectivity index (χ4n) is 9.28. The van der Waals surface area contributed by atoms with Gasteiger partial charge in [0.25, 0.3) is 0 Å². The number of benzene rings is 9. The first-order valence-electron chi connectivity index (χ1n) is 19.8. The number of hydrogen-bond donors (Lipinski definition) is 0. The van der Waals surface area contributed by atoms with Crippen molar-refractivity contribution in [2.45, 2.75) is 19.3 Å². The molecule has 0 spiro atoms. The van der Waals surface area contributed by atoms with Crippen LogP contribution in [-0.4, -0.2) is 0 Å². The van der Waals surface area contributed by atoms with Crippen LogP contribution in [0.2, 0.25) is 0 Å². The van der Waals surface area contributed by atoms with E-state index in [1.54, 1.807) is 0 Å². The topological polar surface area (TPSA) is 16.4 Å². The minimum absolute atomic E-state index is 0.136. The maximum atomic E-state index is 6.93. The first kappa shape index (κ1) is 33.2. The Labute approximate surface area is 332 Å². The van der Waals surface area contributed by atoms with Gasteiger partial charge < -0.3 is 9.32 Å². The van der Waals surface area contributed by atoms with Crippen LogP contribution in [0, 0.1) is 0 Å². The Balaban J connectivity index is 1.13. The van der Waals surface area contributed by atoms with Gasteiger partial charge >= 0.3 is 0 Å². The molecule has 0 N–H and O–H groups in total. The van der Waals surface area contributed by atoms with Crippen molar-refractivity contribution in [3.8, 4) is 44.5 Å². The number of para-hydroxylation sites is 2. The Kier molecular flexibility index (Phi) is 7.55. The molecular weight excluding hydrogens is 691 g/mol. The van der Waals surface area contributed by atoms with Crippen LogP contribution in [0.4, 0.5) is 17.1 Å². The normalized spacial score (nSPS) is 12.9. The lowest BCUT2D eigenvalue weighted by Crippen LogP contribution is -2.16. The smallest absolute Gasteiger partial charge is 0.143 e. The van der Waals surface area contributed by atoms with Crippen molar-refractivity contribution < 1.29 is 4.42 Å². The summed E-state index contributed by atoms with van der Waals surface area (Å²) in [6, 6.07) is 72.5. The van der Waals surface area contributed by atoms with E-state index < -0.39 is 0 Å². The summed E-state index contributed by atoms with van der Waals surface area (Å²) in [4.78, 5) is 2.47. The summed E-state index contributed by atoms with van der Waals surface area (Å²) in [5.41, 5.74) is 17.2. The van der Waals surface area contributed by atoms with Gasteiger partial charge in [-0.3, -0.25) is 0 Å². The molecule has 2 nitrogen and oxygen atoms in total. The molecule has 0 atom stereocenters. The van der Waals surface area contributed by atoms with Gasteiger partial charge in [0.2, 0.25) is 0 Å². The molecule has 0 unspecified atom stereocenters. The fraction of sp³-hybridized carbons (Fsp3) is 0.0545.